The van der Waals surface area contributed by atoms with Crippen LogP contribution in [0.2, 0.25) is 0 Å². The molecule has 1 aliphatic heterocycles. The van der Waals surface area contributed by atoms with E-state index in [2.05, 4.69) is 10.00 Å². The lowest BCUT2D eigenvalue weighted by Crippen LogP contribution is -2.25. The Labute approximate surface area is 89.5 Å². The summed E-state index contributed by atoms with van der Waals surface area (Å²) in [6, 6.07) is 0. The summed E-state index contributed by atoms with van der Waals surface area (Å²) >= 11 is 0. The van der Waals surface area contributed by atoms with Crippen molar-refractivity contribution in [2.24, 2.45) is 0 Å². The van der Waals surface area contributed by atoms with Gasteiger partial charge in [-0.3, -0.25) is 0 Å². The third kappa shape index (κ3) is 1.67. The number of aliphatic hydroxyl groups is 1. The van der Waals surface area contributed by atoms with Crippen LogP contribution < -0.4 is 10.6 Å². The van der Waals surface area contributed by atoms with E-state index < -0.39 is 0 Å². The van der Waals surface area contributed by atoms with E-state index in [1.54, 1.807) is 0 Å². The molecule has 84 valence electrons. The summed E-state index contributed by atoms with van der Waals surface area (Å²) in [6.45, 7) is 6.28. The number of nitrogens with zero attached hydrogens (tertiary/aromatic N) is 3. The van der Waals surface area contributed by atoms with E-state index in [0.717, 1.165) is 36.7 Å². The number of nitrogen functional groups attached to an aromatic ring is 1. The van der Waals surface area contributed by atoms with Gasteiger partial charge in [0.25, 0.3) is 0 Å². The van der Waals surface area contributed by atoms with Gasteiger partial charge in [0, 0.05) is 19.6 Å². The van der Waals surface area contributed by atoms with Crippen molar-refractivity contribution in [3.8, 4) is 0 Å². The van der Waals surface area contributed by atoms with Crippen molar-refractivity contribution in [1.82, 2.24) is 9.78 Å². The van der Waals surface area contributed by atoms with Crippen LogP contribution in [0.5, 0.6) is 0 Å². The molecular weight excluding hydrogens is 192 g/mol. The molecule has 2 rings (SSSR count). The van der Waals surface area contributed by atoms with Gasteiger partial charge < -0.3 is 15.7 Å². The molecule has 1 aromatic rings. The third-order valence-corrected chi connectivity index (χ3v) is 2.91. The minimum Gasteiger partial charge on any atom is -0.394 e. The summed E-state index contributed by atoms with van der Waals surface area (Å²) in [5.74, 6) is 0.964. The first kappa shape index (κ1) is 10.3. The van der Waals surface area contributed by atoms with Crippen LogP contribution in [-0.2, 0) is 6.54 Å². The Morgan fingerprint density at radius 3 is 2.87 bits per heavy atom. The highest BCUT2D eigenvalue weighted by molar-refractivity contribution is 5.66. The van der Waals surface area contributed by atoms with E-state index in [1.165, 1.54) is 0 Å². The molecule has 5 nitrogen and oxygen atoms in total. The molecular formula is C10H18N4O. The monoisotopic (exact) mass is 210 g/mol. The van der Waals surface area contributed by atoms with E-state index in [9.17, 15) is 5.11 Å². The molecule has 0 radical (unpaired) electrons. The van der Waals surface area contributed by atoms with Gasteiger partial charge in [-0.05, 0) is 20.3 Å². The minimum atomic E-state index is -0.232. The Bertz CT molecular complexity index is 361. The fourth-order valence-electron chi connectivity index (χ4n) is 2.07. The van der Waals surface area contributed by atoms with Crippen molar-refractivity contribution in [3.05, 3.63) is 5.69 Å². The van der Waals surface area contributed by atoms with Gasteiger partial charge in [-0.25, -0.2) is 4.68 Å². The van der Waals surface area contributed by atoms with Gasteiger partial charge in [0.15, 0.2) is 5.82 Å². The highest BCUT2D eigenvalue weighted by atomic mass is 16.3. The average Bonchev–Trinajstić information content (AvgIpc) is 2.73. The van der Waals surface area contributed by atoms with Crippen LogP contribution in [0.25, 0.3) is 0 Å². The molecule has 0 spiro atoms. The fourth-order valence-corrected chi connectivity index (χ4v) is 2.07. The SMILES string of the molecule is CCn1nc(C)c(N)c1N1CCC(O)C1. The first-order chi connectivity index (χ1) is 7.13. The smallest absolute Gasteiger partial charge is 0.150 e. The number of rotatable bonds is 2. The minimum absolute atomic E-state index is 0.232. The van der Waals surface area contributed by atoms with E-state index in [4.69, 9.17) is 5.73 Å². The van der Waals surface area contributed by atoms with E-state index in [0.29, 0.717) is 6.54 Å². The van der Waals surface area contributed by atoms with Crippen molar-refractivity contribution < 1.29 is 5.11 Å². The molecule has 1 atom stereocenters. The summed E-state index contributed by atoms with van der Waals surface area (Å²) in [5, 5.41) is 13.9. The van der Waals surface area contributed by atoms with Crippen molar-refractivity contribution in [2.45, 2.75) is 32.9 Å². The number of aromatic nitrogens is 2. The molecule has 0 aliphatic carbocycles. The zero-order valence-electron chi connectivity index (χ0n) is 9.27. The largest absolute Gasteiger partial charge is 0.394 e. The normalized spacial score (nSPS) is 21.3. The van der Waals surface area contributed by atoms with Gasteiger partial charge in [0.2, 0.25) is 0 Å². The highest BCUT2D eigenvalue weighted by Crippen LogP contribution is 2.29. The van der Waals surface area contributed by atoms with Gasteiger partial charge in [-0.1, -0.05) is 0 Å². The maximum atomic E-state index is 9.51. The first-order valence-electron chi connectivity index (χ1n) is 5.39. The predicted octanol–water partition coefficient (Wildman–Crippen LogP) is 0.365. The molecule has 1 aliphatic rings. The number of hydrogen-bond acceptors (Lipinski definition) is 4. The number of aryl methyl sites for hydroxylation is 2. The van der Waals surface area contributed by atoms with Crippen molar-refractivity contribution >= 4 is 11.5 Å². The van der Waals surface area contributed by atoms with E-state index in [1.807, 2.05) is 18.5 Å². The summed E-state index contributed by atoms with van der Waals surface area (Å²) in [5.41, 5.74) is 7.61. The Hall–Kier alpha value is -1.23. The molecule has 0 bridgehead atoms. The predicted molar refractivity (Wildman–Crippen MR) is 59.9 cm³/mol. The molecule has 1 unspecified atom stereocenters. The van der Waals surface area contributed by atoms with E-state index >= 15 is 0 Å². The molecule has 15 heavy (non-hydrogen) atoms. The highest BCUT2D eigenvalue weighted by Gasteiger charge is 2.25. The summed E-state index contributed by atoms with van der Waals surface area (Å²) < 4.78 is 1.91. The van der Waals surface area contributed by atoms with Crippen LogP contribution in [0.15, 0.2) is 0 Å². The van der Waals surface area contributed by atoms with Gasteiger partial charge >= 0.3 is 0 Å². The van der Waals surface area contributed by atoms with Crippen molar-refractivity contribution in [3.63, 3.8) is 0 Å². The van der Waals surface area contributed by atoms with Gasteiger partial charge in [0.1, 0.15) is 0 Å². The maximum absolute atomic E-state index is 9.51. The Morgan fingerprint density at radius 1 is 1.60 bits per heavy atom. The molecule has 1 aromatic heterocycles. The molecule has 0 saturated carbocycles. The standard InChI is InChI=1S/C10H18N4O/c1-3-14-10(9(11)7(2)12-14)13-5-4-8(15)6-13/h8,15H,3-6,11H2,1-2H3. The quantitative estimate of drug-likeness (QED) is 0.740. The molecule has 0 amide bonds. The van der Waals surface area contributed by atoms with Gasteiger partial charge in [-0.2, -0.15) is 5.10 Å². The molecule has 1 saturated heterocycles. The molecule has 0 aromatic carbocycles. The van der Waals surface area contributed by atoms with Crippen LogP contribution in [0.1, 0.15) is 19.0 Å². The zero-order valence-corrected chi connectivity index (χ0v) is 9.27. The number of β-amino-alcohol motifs (C(OH)–C–C–N with tert-alkyl or cyclic N) is 1. The second-order valence-electron chi connectivity index (χ2n) is 4.03. The van der Waals surface area contributed by atoms with Crippen molar-refractivity contribution in [1.29, 1.82) is 0 Å². The van der Waals surface area contributed by atoms with Crippen LogP contribution in [0.3, 0.4) is 0 Å². The fraction of sp³-hybridized carbons (Fsp3) is 0.700. The lowest BCUT2D eigenvalue weighted by Gasteiger charge is -2.19. The van der Waals surface area contributed by atoms with Crippen LogP contribution in [0, 0.1) is 6.92 Å². The number of aliphatic hydroxyl groups excluding tert-OH is 1. The number of nitrogens with two attached hydrogens (primary N) is 1. The molecule has 2 heterocycles. The first-order valence-corrected chi connectivity index (χ1v) is 5.39. The average molecular weight is 210 g/mol. The Morgan fingerprint density at radius 2 is 2.33 bits per heavy atom. The molecule has 3 N–H and O–H groups in total. The molecule has 5 heteroatoms. The lowest BCUT2D eigenvalue weighted by atomic mass is 10.3. The number of hydrogen-bond donors (Lipinski definition) is 2. The maximum Gasteiger partial charge on any atom is 0.150 e. The lowest BCUT2D eigenvalue weighted by molar-refractivity contribution is 0.198. The Kier molecular flexibility index (Phi) is 2.56. The van der Waals surface area contributed by atoms with Crippen LogP contribution in [-0.4, -0.2) is 34.1 Å². The zero-order chi connectivity index (χ0) is 11.0. The summed E-state index contributed by atoms with van der Waals surface area (Å²) in [6.07, 6.45) is 0.581. The second-order valence-corrected chi connectivity index (χ2v) is 4.03. The third-order valence-electron chi connectivity index (χ3n) is 2.91. The summed E-state index contributed by atoms with van der Waals surface area (Å²) in [4.78, 5) is 2.11. The molecule has 1 fully saturated rings. The van der Waals surface area contributed by atoms with E-state index in [-0.39, 0.29) is 6.10 Å². The topological polar surface area (TPSA) is 67.3 Å². The Balaban J connectivity index is 2.33. The van der Waals surface area contributed by atoms with Crippen LogP contribution in [0.4, 0.5) is 11.5 Å². The number of anilines is 2. The van der Waals surface area contributed by atoms with Crippen molar-refractivity contribution in [2.75, 3.05) is 23.7 Å². The van der Waals surface area contributed by atoms with Gasteiger partial charge in [-0.15, -0.1) is 0 Å². The van der Waals surface area contributed by atoms with Crippen LogP contribution >= 0.6 is 0 Å². The second kappa shape index (κ2) is 3.73. The summed E-state index contributed by atoms with van der Waals surface area (Å²) in [7, 11) is 0. The van der Waals surface area contributed by atoms with Gasteiger partial charge in [0.05, 0.1) is 17.5 Å².